The average molecular weight is 463 g/mol. The lowest BCUT2D eigenvalue weighted by molar-refractivity contribution is -0.122. The highest BCUT2D eigenvalue weighted by molar-refractivity contribution is 5.94. The summed E-state index contributed by atoms with van der Waals surface area (Å²) in [7, 11) is 0. The molecule has 2 fully saturated rings. The Morgan fingerprint density at radius 3 is 2.67 bits per heavy atom. The second-order valence-electron chi connectivity index (χ2n) is 8.91. The van der Waals surface area contributed by atoms with Crippen LogP contribution in [-0.4, -0.2) is 39.0 Å². The van der Waals surface area contributed by atoms with Gasteiger partial charge in [-0.1, -0.05) is 6.42 Å². The number of hydrogen-bond acceptors (Lipinski definition) is 4. The first kappa shape index (κ1) is 22.9. The molecule has 1 aromatic heterocycles. The summed E-state index contributed by atoms with van der Waals surface area (Å²) in [6, 6.07) is 0.985. The van der Waals surface area contributed by atoms with Crippen LogP contribution in [0.4, 0.5) is 13.2 Å². The molecule has 33 heavy (non-hydrogen) atoms. The van der Waals surface area contributed by atoms with Crippen LogP contribution in [0, 0.1) is 30.3 Å². The fourth-order valence-electron chi connectivity index (χ4n) is 5.13. The zero-order valence-electron chi connectivity index (χ0n) is 18.0. The molecule has 7 nitrogen and oxygen atoms in total. The number of carbonyl (C=O) groups is 2. The van der Waals surface area contributed by atoms with E-state index in [-0.39, 0.29) is 5.69 Å². The molecule has 2 aromatic rings. The topological polar surface area (TPSA) is 91.6 Å². The molecule has 1 aliphatic heterocycles. The predicted molar refractivity (Wildman–Crippen MR) is 112 cm³/mol. The number of carbonyl (C=O) groups excluding carboxylic acids is 2. The van der Waals surface area contributed by atoms with Gasteiger partial charge in [0.1, 0.15) is 23.0 Å². The number of likely N-dealkylation sites (tertiary alicyclic amines) is 1. The highest BCUT2D eigenvalue weighted by Gasteiger charge is 2.47. The fraction of sp³-hybridized carbons (Fsp3) is 0.435. The van der Waals surface area contributed by atoms with E-state index in [0.29, 0.717) is 31.1 Å². The first-order valence-corrected chi connectivity index (χ1v) is 10.7. The molecule has 1 aromatic carbocycles. The molecular weight excluding hydrogens is 439 g/mol. The van der Waals surface area contributed by atoms with Crippen molar-refractivity contribution in [2.24, 2.45) is 5.92 Å². The molecule has 2 amide bonds. The van der Waals surface area contributed by atoms with Crippen molar-refractivity contribution in [1.29, 1.82) is 0 Å². The predicted octanol–water partition coefficient (Wildman–Crippen LogP) is 2.61. The molecule has 0 spiro atoms. The molecule has 10 heteroatoms. The Labute approximate surface area is 187 Å². The zero-order chi connectivity index (χ0) is 23.9. The molecule has 2 aliphatic rings. The second kappa shape index (κ2) is 8.57. The van der Waals surface area contributed by atoms with Crippen molar-refractivity contribution < 1.29 is 27.9 Å². The summed E-state index contributed by atoms with van der Waals surface area (Å²) in [6.07, 6.45) is 5.65. The van der Waals surface area contributed by atoms with E-state index in [0.717, 1.165) is 32.1 Å². The summed E-state index contributed by atoms with van der Waals surface area (Å²) in [5.41, 5.74) is -2.09. The number of rotatable bonds is 6. The van der Waals surface area contributed by atoms with Crippen LogP contribution in [0.5, 0.6) is 5.75 Å². The highest BCUT2D eigenvalue weighted by Crippen LogP contribution is 2.44. The summed E-state index contributed by atoms with van der Waals surface area (Å²) < 4.78 is 42.4. The van der Waals surface area contributed by atoms with Gasteiger partial charge in [0.05, 0.1) is 11.2 Å². The van der Waals surface area contributed by atoms with Gasteiger partial charge in [-0.05, 0) is 32.1 Å². The lowest BCUT2D eigenvalue weighted by Gasteiger charge is -2.39. The number of nitrogens with zero attached hydrogens (tertiary/aromatic N) is 2. The number of nitrogens with one attached hydrogen (secondary N) is 1. The molecular formula is C23H24F3N3O4. The average Bonchev–Trinajstić information content (AvgIpc) is 3.01. The van der Waals surface area contributed by atoms with Crippen LogP contribution in [0.2, 0.25) is 0 Å². The molecule has 1 saturated heterocycles. The molecule has 2 unspecified atom stereocenters. The third-order valence-corrected chi connectivity index (χ3v) is 6.87. The standard InChI is InChI=1S/C23H24F3N3O4/c1-13-20(31)21(32)17(22(33)27-8-16-18(25)5-15(24)6-19(16)26)10-28(13)11-23-4-2-3-14(7-23)9-29(23)12-30/h5-6,10,12,14,31H,2-4,7-9,11H2,1H3,(H,27,33). The molecule has 2 atom stereocenters. The van der Waals surface area contributed by atoms with E-state index in [2.05, 4.69) is 5.32 Å². The Bertz CT molecular complexity index is 1160. The summed E-state index contributed by atoms with van der Waals surface area (Å²) in [6.45, 7) is 1.87. The molecule has 2 heterocycles. The molecule has 4 rings (SSSR count). The van der Waals surface area contributed by atoms with E-state index in [4.69, 9.17) is 0 Å². The summed E-state index contributed by atoms with van der Waals surface area (Å²) in [5.74, 6) is -4.59. The van der Waals surface area contributed by atoms with Gasteiger partial charge < -0.3 is 19.9 Å². The number of fused-ring (bicyclic) bond motifs is 2. The number of amides is 2. The van der Waals surface area contributed by atoms with Gasteiger partial charge in [-0.25, -0.2) is 13.2 Å². The van der Waals surface area contributed by atoms with Crippen LogP contribution in [-0.2, 0) is 17.9 Å². The maximum atomic E-state index is 13.9. The van der Waals surface area contributed by atoms with Gasteiger partial charge in [0, 0.05) is 43.5 Å². The van der Waals surface area contributed by atoms with Crippen molar-refractivity contribution in [3.63, 3.8) is 0 Å². The highest BCUT2D eigenvalue weighted by atomic mass is 19.1. The number of hydrogen-bond donors (Lipinski definition) is 2. The number of aromatic hydroxyl groups is 1. The quantitative estimate of drug-likeness (QED) is 0.645. The molecule has 0 radical (unpaired) electrons. The van der Waals surface area contributed by atoms with Gasteiger partial charge in [-0.15, -0.1) is 0 Å². The minimum absolute atomic E-state index is 0.251. The van der Waals surface area contributed by atoms with Gasteiger partial charge in [0.25, 0.3) is 5.91 Å². The second-order valence-corrected chi connectivity index (χ2v) is 8.91. The van der Waals surface area contributed by atoms with E-state index in [1.54, 1.807) is 16.4 Å². The summed E-state index contributed by atoms with van der Waals surface area (Å²) in [4.78, 5) is 38.7. The molecule has 1 saturated carbocycles. The van der Waals surface area contributed by atoms with Crippen LogP contribution in [0.3, 0.4) is 0 Å². The SMILES string of the molecule is Cc1c(O)c(=O)c(C(=O)NCc2c(F)cc(F)cc2F)cn1CC12CCCC(CN1C=O)C2. The van der Waals surface area contributed by atoms with E-state index in [1.807, 2.05) is 0 Å². The number of aromatic nitrogens is 1. The summed E-state index contributed by atoms with van der Waals surface area (Å²) >= 11 is 0. The van der Waals surface area contributed by atoms with E-state index in [9.17, 15) is 32.7 Å². The smallest absolute Gasteiger partial charge is 0.257 e. The maximum Gasteiger partial charge on any atom is 0.257 e. The third-order valence-electron chi connectivity index (χ3n) is 6.87. The van der Waals surface area contributed by atoms with Gasteiger partial charge in [-0.2, -0.15) is 0 Å². The van der Waals surface area contributed by atoms with Crippen molar-refractivity contribution in [3.8, 4) is 5.75 Å². The fourth-order valence-corrected chi connectivity index (χ4v) is 5.13. The van der Waals surface area contributed by atoms with Crippen molar-refractivity contribution >= 4 is 12.3 Å². The molecule has 1 aliphatic carbocycles. The number of pyridine rings is 1. The largest absolute Gasteiger partial charge is 0.503 e. The lowest BCUT2D eigenvalue weighted by atomic mass is 9.79. The van der Waals surface area contributed by atoms with Crippen molar-refractivity contribution in [1.82, 2.24) is 14.8 Å². The Kier molecular flexibility index (Phi) is 5.94. The normalized spacial score (nSPS) is 21.8. The minimum atomic E-state index is -1.17. The van der Waals surface area contributed by atoms with Gasteiger partial charge in [0.2, 0.25) is 11.8 Å². The zero-order valence-corrected chi connectivity index (χ0v) is 18.0. The van der Waals surface area contributed by atoms with Crippen LogP contribution in [0.15, 0.2) is 23.1 Å². The summed E-state index contributed by atoms with van der Waals surface area (Å²) in [5, 5.41) is 12.6. The molecule has 2 bridgehead atoms. The number of halogens is 3. The van der Waals surface area contributed by atoms with E-state index in [1.165, 1.54) is 6.20 Å². The van der Waals surface area contributed by atoms with Crippen molar-refractivity contribution in [2.45, 2.75) is 51.2 Å². The van der Waals surface area contributed by atoms with Gasteiger partial charge >= 0.3 is 0 Å². The first-order valence-electron chi connectivity index (χ1n) is 10.7. The molecule has 2 N–H and O–H groups in total. The Morgan fingerprint density at radius 2 is 2.00 bits per heavy atom. The first-order chi connectivity index (χ1) is 15.6. The van der Waals surface area contributed by atoms with E-state index < -0.39 is 57.7 Å². The molecule has 176 valence electrons. The van der Waals surface area contributed by atoms with Crippen LogP contribution >= 0.6 is 0 Å². The monoisotopic (exact) mass is 463 g/mol. The van der Waals surface area contributed by atoms with Crippen LogP contribution in [0.1, 0.15) is 47.3 Å². The van der Waals surface area contributed by atoms with E-state index >= 15 is 0 Å². The minimum Gasteiger partial charge on any atom is -0.503 e. The van der Waals surface area contributed by atoms with Gasteiger partial charge in [-0.3, -0.25) is 14.4 Å². The Balaban J connectivity index is 1.62. The Hall–Kier alpha value is -3.30. The number of benzene rings is 1. The maximum absolute atomic E-state index is 13.9. The Morgan fingerprint density at radius 1 is 1.30 bits per heavy atom. The van der Waals surface area contributed by atoms with Crippen molar-refractivity contribution in [3.05, 3.63) is 62.8 Å². The van der Waals surface area contributed by atoms with Crippen LogP contribution < -0.4 is 10.7 Å². The van der Waals surface area contributed by atoms with Crippen molar-refractivity contribution in [2.75, 3.05) is 6.54 Å². The van der Waals surface area contributed by atoms with Crippen LogP contribution in [0.25, 0.3) is 0 Å². The lowest BCUT2D eigenvalue weighted by Crippen LogP contribution is -2.47. The van der Waals surface area contributed by atoms with Gasteiger partial charge in [0.15, 0.2) is 5.75 Å². The third kappa shape index (κ3) is 4.09.